The van der Waals surface area contributed by atoms with Gasteiger partial charge in [0.2, 0.25) is 5.91 Å². The van der Waals surface area contributed by atoms with E-state index in [0.29, 0.717) is 27.8 Å². The van der Waals surface area contributed by atoms with Crippen molar-refractivity contribution in [3.05, 3.63) is 40.1 Å². The SMILES string of the molecule is CCOP(=O)(OCC)C(CC(C)C)C(=O)N[C@H](c1cn(-c2ccc(Cl)c(Cl)c2)nn1)C(C)C. The zero-order valence-electron chi connectivity index (χ0n) is 19.9. The van der Waals surface area contributed by atoms with Crippen LogP contribution in [0.25, 0.3) is 5.69 Å². The fraction of sp³-hybridized carbons (Fsp3) is 0.591. The van der Waals surface area contributed by atoms with Crippen LogP contribution >= 0.6 is 30.8 Å². The van der Waals surface area contributed by atoms with Crippen LogP contribution in [0.5, 0.6) is 0 Å². The second-order valence-electron chi connectivity index (χ2n) is 8.44. The first kappa shape index (κ1) is 27.8. The summed E-state index contributed by atoms with van der Waals surface area (Å²) in [5, 5.41) is 12.3. The number of rotatable bonds is 12. The molecule has 0 aliphatic rings. The summed E-state index contributed by atoms with van der Waals surface area (Å²) in [6.07, 6.45) is 2.09. The zero-order chi connectivity index (χ0) is 24.8. The summed E-state index contributed by atoms with van der Waals surface area (Å²) >= 11 is 12.1. The molecule has 2 aromatic rings. The van der Waals surface area contributed by atoms with Crippen LogP contribution in [0.15, 0.2) is 24.4 Å². The van der Waals surface area contributed by atoms with Crippen LogP contribution in [0.2, 0.25) is 10.0 Å². The highest BCUT2D eigenvalue weighted by molar-refractivity contribution is 7.55. The first-order valence-corrected chi connectivity index (χ1v) is 13.5. The average Bonchev–Trinajstić information content (AvgIpc) is 3.21. The number of amides is 1. The minimum absolute atomic E-state index is 0.00817. The molecule has 0 aliphatic carbocycles. The number of halogens is 2. The lowest BCUT2D eigenvalue weighted by Gasteiger charge is -2.29. The van der Waals surface area contributed by atoms with Gasteiger partial charge in [0.1, 0.15) is 11.4 Å². The predicted molar refractivity (Wildman–Crippen MR) is 131 cm³/mol. The van der Waals surface area contributed by atoms with Crippen molar-refractivity contribution in [2.45, 2.75) is 59.7 Å². The maximum atomic E-state index is 13.5. The molecule has 0 aliphatic heterocycles. The summed E-state index contributed by atoms with van der Waals surface area (Å²) in [7, 11) is -3.65. The summed E-state index contributed by atoms with van der Waals surface area (Å²) in [5.41, 5.74) is 0.325. The molecule has 0 fully saturated rings. The third-order valence-electron chi connectivity index (χ3n) is 4.96. The maximum Gasteiger partial charge on any atom is 0.343 e. The van der Waals surface area contributed by atoms with Gasteiger partial charge < -0.3 is 14.4 Å². The Kier molecular flexibility index (Phi) is 10.4. The number of benzene rings is 1. The minimum atomic E-state index is -3.65. The lowest BCUT2D eigenvalue weighted by atomic mass is 10.0. The molecule has 33 heavy (non-hydrogen) atoms. The molecule has 1 aromatic carbocycles. The highest BCUT2D eigenvalue weighted by Crippen LogP contribution is 2.55. The fourth-order valence-corrected chi connectivity index (χ4v) is 5.90. The van der Waals surface area contributed by atoms with E-state index in [1.54, 1.807) is 42.9 Å². The Bertz CT molecular complexity index is 973. The second-order valence-corrected chi connectivity index (χ2v) is 11.5. The van der Waals surface area contributed by atoms with E-state index in [0.717, 1.165) is 0 Å². The van der Waals surface area contributed by atoms with Gasteiger partial charge >= 0.3 is 7.60 Å². The van der Waals surface area contributed by atoms with Gasteiger partial charge in [-0.15, -0.1) is 5.10 Å². The van der Waals surface area contributed by atoms with Gasteiger partial charge in [0.25, 0.3) is 0 Å². The van der Waals surface area contributed by atoms with Crippen molar-refractivity contribution in [1.29, 1.82) is 0 Å². The van der Waals surface area contributed by atoms with Crippen LogP contribution in [-0.2, 0) is 18.4 Å². The Morgan fingerprint density at radius 1 is 1.12 bits per heavy atom. The quantitative estimate of drug-likeness (QED) is 0.342. The third kappa shape index (κ3) is 7.27. The van der Waals surface area contributed by atoms with Gasteiger partial charge in [-0.05, 0) is 50.3 Å². The average molecular weight is 519 g/mol. The summed E-state index contributed by atoms with van der Waals surface area (Å²) in [6.45, 7) is 11.7. The number of carbonyl (C=O) groups excluding carboxylic acids is 1. The van der Waals surface area contributed by atoms with Crippen LogP contribution < -0.4 is 5.32 Å². The van der Waals surface area contributed by atoms with Crippen molar-refractivity contribution in [2.75, 3.05) is 13.2 Å². The zero-order valence-corrected chi connectivity index (χ0v) is 22.3. The minimum Gasteiger partial charge on any atom is -0.347 e. The van der Waals surface area contributed by atoms with Crippen molar-refractivity contribution in [2.24, 2.45) is 11.8 Å². The van der Waals surface area contributed by atoms with E-state index in [9.17, 15) is 9.36 Å². The van der Waals surface area contributed by atoms with Gasteiger partial charge in [0, 0.05) is 0 Å². The Hall–Kier alpha value is -1.44. The van der Waals surface area contributed by atoms with Crippen LogP contribution in [-0.4, -0.2) is 39.8 Å². The smallest absolute Gasteiger partial charge is 0.343 e. The third-order valence-corrected chi connectivity index (χ3v) is 8.14. The van der Waals surface area contributed by atoms with Gasteiger partial charge in [-0.25, -0.2) is 4.68 Å². The van der Waals surface area contributed by atoms with Gasteiger partial charge in [-0.3, -0.25) is 9.36 Å². The van der Waals surface area contributed by atoms with Gasteiger partial charge in [0.05, 0.1) is 41.2 Å². The summed E-state index contributed by atoms with van der Waals surface area (Å²) < 4.78 is 26.0. The standard InChI is InChI=1S/C22H33Cl2N4O4P/c1-7-31-33(30,32-8-2)20(11-14(3)4)22(29)25-21(15(5)6)19-13-28(27-26-19)16-9-10-17(23)18(24)12-16/h9-10,12-15,20-21H,7-8,11H2,1-6H3,(H,25,29)/t20?,21-/m0/s1. The molecule has 1 N–H and O–H groups in total. The normalized spacial score (nSPS) is 14.0. The Morgan fingerprint density at radius 2 is 1.76 bits per heavy atom. The van der Waals surface area contributed by atoms with Gasteiger partial charge in [0.15, 0.2) is 0 Å². The van der Waals surface area contributed by atoms with E-state index < -0.39 is 25.2 Å². The highest BCUT2D eigenvalue weighted by atomic mass is 35.5. The molecule has 0 bridgehead atoms. The molecule has 11 heteroatoms. The summed E-state index contributed by atoms with van der Waals surface area (Å²) in [4.78, 5) is 13.4. The topological polar surface area (TPSA) is 95.3 Å². The van der Waals surface area contributed by atoms with Gasteiger partial charge in [-0.1, -0.05) is 56.1 Å². The monoisotopic (exact) mass is 518 g/mol. The number of hydrogen-bond acceptors (Lipinski definition) is 6. The molecule has 2 rings (SSSR count). The molecule has 1 amide bonds. The second kappa shape index (κ2) is 12.3. The number of aromatic nitrogens is 3. The fourth-order valence-electron chi connectivity index (χ4n) is 3.41. The molecule has 0 spiro atoms. The molecule has 184 valence electrons. The summed E-state index contributed by atoms with van der Waals surface area (Å²) in [6, 6.07) is 4.68. The maximum absolute atomic E-state index is 13.5. The Balaban J connectivity index is 2.33. The van der Waals surface area contributed by atoms with Crippen LogP contribution in [0.4, 0.5) is 0 Å². The molecule has 0 radical (unpaired) electrons. The highest BCUT2D eigenvalue weighted by Gasteiger charge is 2.42. The van der Waals surface area contributed by atoms with E-state index in [-0.39, 0.29) is 25.0 Å². The number of nitrogens with zero attached hydrogens (tertiary/aromatic N) is 3. The van der Waals surface area contributed by atoms with Crippen LogP contribution in [0.3, 0.4) is 0 Å². The molecule has 8 nitrogen and oxygen atoms in total. The molecular weight excluding hydrogens is 486 g/mol. The number of carbonyl (C=O) groups is 1. The predicted octanol–water partition coefficient (Wildman–Crippen LogP) is 6.07. The molecule has 1 heterocycles. The van der Waals surface area contributed by atoms with E-state index in [1.165, 1.54) is 0 Å². The number of nitrogens with one attached hydrogen (secondary N) is 1. The molecule has 1 unspecified atom stereocenters. The van der Waals surface area contributed by atoms with Crippen molar-refractivity contribution < 1.29 is 18.4 Å². The molecule has 2 atom stereocenters. The van der Waals surface area contributed by atoms with E-state index in [4.69, 9.17) is 32.2 Å². The molecule has 0 saturated heterocycles. The van der Waals surface area contributed by atoms with E-state index in [1.807, 2.05) is 27.7 Å². The van der Waals surface area contributed by atoms with Crippen LogP contribution in [0.1, 0.15) is 59.7 Å². The summed E-state index contributed by atoms with van der Waals surface area (Å²) in [5.74, 6) is -0.286. The van der Waals surface area contributed by atoms with Crippen molar-refractivity contribution in [3.8, 4) is 5.69 Å². The van der Waals surface area contributed by atoms with E-state index >= 15 is 0 Å². The molecular formula is C22H33Cl2N4O4P. The van der Waals surface area contributed by atoms with Crippen molar-refractivity contribution in [3.63, 3.8) is 0 Å². The largest absolute Gasteiger partial charge is 0.347 e. The molecule has 1 aromatic heterocycles. The number of hydrogen-bond donors (Lipinski definition) is 1. The first-order valence-electron chi connectivity index (χ1n) is 11.1. The first-order chi connectivity index (χ1) is 15.5. The Labute approximate surface area is 205 Å². The van der Waals surface area contributed by atoms with Crippen molar-refractivity contribution in [1.82, 2.24) is 20.3 Å². The van der Waals surface area contributed by atoms with E-state index in [2.05, 4.69) is 15.6 Å². The Morgan fingerprint density at radius 3 is 2.27 bits per heavy atom. The van der Waals surface area contributed by atoms with Gasteiger partial charge in [-0.2, -0.15) is 0 Å². The lowest BCUT2D eigenvalue weighted by Crippen LogP contribution is -2.40. The lowest BCUT2D eigenvalue weighted by molar-refractivity contribution is -0.122. The van der Waals surface area contributed by atoms with Crippen molar-refractivity contribution >= 4 is 36.7 Å². The van der Waals surface area contributed by atoms with Crippen LogP contribution in [0, 0.1) is 11.8 Å². The molecule has 0 saturated carbocycles.